The SMILES string of the molecule is CC(C)C1(C)c2cc3c(cc2-c2cccc(-c4nc5ccccc5n4-c4ccccc4)c21)oc1ccccc13. The molecule has 0 N–H and O–H groups in total. The summed E-state index contributed by atoms with van der Waals surface area (Å²) in [6, 6.07) is 38.7. The average molecular weight is 505 g/mol. The van der Waals surface area contributed by atoms with Crippen molar-refractivity contribution >= 4 is 33.0 Å². The Morgan fingerprint density at radius 2 is 1.44 bits per heavy atom. The molecule has 7 aromatic rings. The van der Waals surface area contributed by atoms with E-state index in [1.54, 1.807) is 0 Å². The number of rotatable bonds is 3. The predicted molar refractivity (Wildman–Crippen MR) is 161 cm³/mol. The van der Waals surface area contributed by atoms with Crippen LogP contribution in [0.3, 0.4) is 0 Å². The Kier molecular flexibility index (Phi) is 4.55. The lowest BCUT2D eigenvalue weighted by molar-refractivity contribution is 0.415. The maximum absolute atomic E-state index is 6.34. The number of hydrogen-bond donors (Lipinski definition) is 0. The van der Waals surface area contributed by atoms with Crippen molar-refractivity contribution in [3.8, 4) is 28.2 Å². The summed E-state index contributed by atoms with van der Waals surface area (Å²) in [5.41, 5.74) is 11.3. The molecule has 1 atom stereocenters. The average Bonchev–Trinajstić information content (AvgIpc) is 3.61. The fourth-order valence-corrected chi connectivity index (χ4v) is 6.73. The second kappa shape index (κ2) is 7.94. The van der Waals surface area contributed by atoms with Crippen LogP contribution in [-0.2, 0) is 5.41 Å². The van der Waals surface area contributed by atoms with Gasteiger partial charge in [-0.1, -0.05) is 87.5 Å². The molecule has 1 aliphatic carbocycles. The van der Waals surface area contributed by atoms with Crippen molar-refractivity contribution in [1.82, 2.24) is 9.55 Å². The molecule has 8 rings (SSSR count). The number of benzene rings is 5. The number of furan rings is 1. The molecular formula is C36H28N2O. The van der Waals surface area contributed by atoms with Crippen LogP contribution in [0.5, 0.6) is 0 Å². The Hall–Kier alpha value is -4.63. The molecule has 2 heterocycles. The summed E-state index contributed by atoms with van der Waals surface area (Å²) in [5.74, 6) is 1.34. The van der Waals surface area contributed by atoms with Gasteiger partial charge in [0.25, 0.3) is 0 Å². The molecule has 0 fully saturated rings. The van der Waals surface area contributed by atoms with Crippen LogP contribution >= 0.6 is 0 Å². The predicted octanol–water partition coefficient (Wildman–Crippen LogP) is 9.53. The van der Waals surface area contributed by atoms with Gasteiger partial charge in [0.05, 0.1) is 11.0 Å². The molecule has 0 saturated carbocycles. The van der Waals surface area contributed by atoms with E-state index >= 15 is 0 Å². The van der Waals surface area contributed by atoms with Gasteiger partial charge >= 0.3 is 0 Å². The Morgan fingerprint density at radius 1 is 0.692 bits per heavy atom. The third-order valence-corrected chi connectivity index (χ3v) is 8.92. The van der Waals surface area contributed by atoms with E-state index in [1.165, 1.54) is 38.6 Å². The van der Waals surface area contributed by atoms with E-state index in [1.807, 2.05) is 6.07 Å². The second-order valence-electron chi connectivity index (χ2n) is 11.2. The minimum Gasteiger partial charge on any atom is -0.456 e. The molecule has 0 saturated heterocycles. The highest BCUT2D eigenvalue weighted by Crippen LogP contribution is 2.57. The van der Waals surface area contributed by atoms with E-state index in [-0.39, 0.29) is 5.41 Å². The number of hydrogen-bond acceptors (Lipinski definition) is 2. The van der Waals surface area contributed by atoms with Crippen LogP contribution in [0.4, 0.5) is 0 Å². The first-order valence-electron chi connectivity index (χ1n) is 13.7. The lowest BCUT2D eigenvalue weighted by Crippen LogP contribution is -2.28. The van der Waals surface area contributed by atoms with Crippen LogP contribution in [0.15, 0.2) is 114 Å². The van der Waals surface area contributed by atoms with Crippen molar-refractivity contribution in [2.75, 3.05) is 0 Å². The van der Waals surface area contributed by atoms with Gasteiger partial charge in [-0.2, -0.15) is 0 Å². The van der Waals surface area contributed by atoms with Gasteiger partial charge in [-0.05, 0) is 70.6 Å². The van der Waals surface area contributed by atoms with Crippen molar-refractivity contribution in [2.24, 2.45) is 5.92 Å². The van der Waals surface area contributed by atoms with Crippen molar-refractivity contribution in [3.63, 3.8) is 0 Å². The molecule has 1 aliphatic rings. The molecule has 188 valence electrons. The maximum Gasteiger partial charge on any atom is 0.146 e. The third-order valence-electron chi connectivity index (χ3n) is 8.92. The second-order valence-corrected chi connectivity index (χ2v) is 11.2. The molecule has 0 amide bonds. The standard InChI is InChI=1S/C36H28N2O/c1-22(2)36(3)29-20-28-24-14-7-10-19-32(24)39-33(28)21-27(29)25-15-11-16-26(34(25)36)35-37-30-17-8-9-18-31(30)38(35)23-12-5-4-6-13-23/h4-22H,1-3H3. The lowest BCUT2D eigenvalue weighted by Gasteiger charge is -2.33. The summed E-state index contributed by atoms with van der Waals surface area (Å²) in [7, 11) is 0. The van der Waals surface area contributed by atoms with E-state index < -0.39 is 0 Å². The molecule has 5 aromatic carbocycles. The molecule has 0 aliphatic heterocycles. The van der Waals surface area contributed by atoms with Gasteiger partial charge in [-0.15, -0.1) is 0 Å². The van der Waals surface area contributed by atoms with Crippen LogP contribution in [-0.4, -0.2) is 9.55 Å². The number of nitrogens with zero attached hydrogens (tertiary/aromatic N) is 2. The monoisotopic (exact) mass is 504 g/mol. The summed E-state index contributed by atoms with van der Waals surface area (Å²) < 4.78 is 8.65. The Labute approximate surface area is 227 Å². The van der Waals surface area contributed by atoms with Gasteiger partial charge in [-0.25, -0.2) is 4.98 Å². The van der Waals surface area contributed by atoms with Crippen molar-refractivity contribution in [2.45, 2.75) is 26.2 Å². The summed E-state index contributed by atoms with van der Waals surface area (Å²) in [4.78, 5) is 5.25. The molecular weight excluding hydrogens is 476 g/mol. The van der Waals surface area contributed by atoms with E-state index in [2.05, 4.69) is 128 Å². The maximum atomic E-state index is 6.34. The quantitative estimate of drug-likeness (QED) is 0.240. The summed E-state index contributed by atoms with van der Waals surface area (Å²) in [6.07, 6.45) is 0. The van der Waals surface area contributed by atoms with E-state index in [0.717, 1.165) is 33.7 Å². The topological polar surface area (TPSA) is 31.0 Å². The Morgan fingerprint density at radius 3 is 2.28 bits per heavy atom. The van der Waals surface area contributed by atoms with Crippen molar-refractivity contribution in [3.05, 3.63) is 120 Å². The zero-order valence-electron chi connectivity index (χ0n) is 22.3. The molecule has 0 spiro atoms. The fraction of sp³-hybridized carbons (Fsp3) is 0.139. The third kappa shape index (κ3) is 2.96. The van der Waals surface area contributed by atoms with Crippen LogP contribution in [0, 0.1) is 5.92 Å². The van der Waals surface area contributed by atoms with Gasteiger partial charge in [0.2, 0.25) is 0 Å². The largest absolute Gasteiger partial charge is 0.456 e. The van der Waals surface area contributed by atoms with Gasteiger partial charge in [0, 0.05) is 27.4 Å². The molecule has 39 heavy (non-hydrogen) atoms. The van der Waals surface area contributed by atoms with Crippen LogP contribution in [0.1, 0.15) is 31.9 Å². The number of aromatic nitrogens is 2. The van der Waals surface area contributed by atoms with Gasteiger partial charge in [0.15, 0.2) is 0 Å². The first kappa shape index (κ1) is 22.4. The highest BCUT2D eigenvalue weighted by molar-refractivity contribution is 6.08. The van der Waals surface area contributed by atoms with Crippen molar-refractivity contribution in [1.29, 1.82) is 0 Å². The van der Waals surface area contributed by atoms with E-state index in [9.17, 15) is 0 Å². The highest BCUT2D eigenvalue weighted by atomic mass is 16.3. The van der Waals surface area contributed by atoms with Crippen molar-refractivity contribution < 1.29 is 4.42 Å². The molecule has 3 nitrogen and oxygen atoms in total. The van der Waals surface area contributed by atoms with E-state index in [0.29, 0.717) is 5.92 Å². The lowest BCUT2D eigenvalue weighted by atomic mass is 9.70. The first-order valence-corrected chi connectivity index (χ1v) is 13.7. The number of para-hydroxylation sites is 4. The summed E-state index contributed by atoms with van der Waals surface area (Å²) in [5, 5.41) is 2.35. The normalized spacial score (nSPS) is 16.4. The van der Waals surface area contributed by atoms with Crippen LogP contribution in [0.25, 0.3) is 61.2 Å². The molecule has 3 heteroatoms. The zero-order chi connectivity index (χ0) is 26.3. The van der Waals surface area contributed by atoms with E-state index in [4.69, 9.17) is 9.40 Å². The number of fused-ring (bicyclic) bond motifs is 7. The van der Waals surface area contributed by atoms with Gasteiger partial charge in [-0.3, -0.25) is 4.57 Å². The zero-order valence-corrected chi connectivity index (χ0v) is 22.3. The van der Waals surface area contributed by atoms with Gasteiger partial charge in [0.1, 0.15) is 17.0 Å². The van der Waals surface area contributed by atoms with Gasteiger partial charge < -0.3 is 4.42 Å². The summed E-state index contributed by atoms with van der Waals surface area (Å²) >= 11 is 0. The van der Waals surface area contributed by atoms with Crippen LogP contribution < -0.4 is 0 Å². The Balaban J connectivity index is 1.46. The highest BCUT2D eigenvalue weighted by Gasteiger charge is 2.44. The fourth-order valence-electron chi connectivity index (χ4n) is 6.73. The minimum absolute atomic E-state index is 0.201. The number of imidazole rings is 1. The Bertz CT molecular complexity index is 2060. The molecule has 0 bridgehead atoms. The molecule has 1 unspecified atom stereocenters. The molecule has 2 aromatic heterocycles. The molecule has 0 radical (unpaired) electrons. The minimum atomic E-state index is -0.201. The smallest absolute Gasteiger partial charge is 0.146 e. The summed E-state index contributed by atoms with van der Waals surface area (Å²) in [6.45, 7) is 7.09. The first-order chi connectivity index (χ1) is 19.1. The van der Waals surface area contributed by atoms with Crippen LogP contribution in [0.2, 0.25) is 0 Å².